The number of carbonyl (C=O) groups excluding carboxylic acids is 1. The highest BCUT2D eigenvalue weighted by Gasteiger charge is 2.31. The third-order valence-corrected chi connectivity index (χ3v) is 3.80. The molecule has 1 amide bonds. The predicted molar refractivity (Wildman–Crippen MR) is 88.3 cm³/mol. The summed E-state index contributed by atoms with van der Waals surface area (Å²) in [6.07, 6.45) is 0.609. The summed E-state index contributed by atoms with van der Waals surface area (Å²) in [6, 6.07) is 10.5. The van der Waals surface area contributed by atoms with Crippen LogP contribution in [-0.4, -0.2) is 49.9 Å². The Kier molecular flexibility index (Phi) is 8.24. The number of rotatable bonds is 5. The molecule has 1 aliphatic rings. The van der Waals surface area contributed by atoms with Crippen LogP contribution in [0.15, 0.2) is 30.3 Å². The Balaban J connectivity index is 0.00000242. The van der Waals surface area contributed by atoms with Crippen LogP contribution < -0.4 is 5.32 Å². The molecule has 0 saturated carbocycles. The summed E-state index contributed by atoms with van der Waals surface area (Å²) in [4.78, 5) is 13.5. The molecule has 0 radical (unpaired) electrons. The first-order valence-corrected chi connectivity index (χ1v) is 7.46. The fourth-order valence-corrected chi connectivity index (χ4v) is 2.61. The van der Waals surface area contributed by atoms with Gasteiger partial charge >= 0.3 is 6.09 Å². The van der Waals surface area contributed by atoms with Crippen molar-refractivity contribution in [3.05, 3.63) is 35.9 Å². The number of likely N-dealkylation sites (tertiary alicyclic amines) is 1. The molecule has 2 unspecified atom stereocenters. The fraction of sp³-hybridized carbons (Fsp3) is 0.562. The Morgan fingerprint density at radius 1 is 1.36 bits per heavy atom. The number of halogens is 1. The molecule has 22 heavy (non-hydrogen) atoms. The molecule has 0 bridgehead atoms. The van der Waals surface area contributed by atoms with Gasteiger partial charge in [0.15, 0.2) is 0 Å². The minimum atomic E-state index is -0.249. The smallest absolute Gasteiger partial charge is 0.409 e. The molecule has 1 N–H and O–H groups in total. The van der Waals surface area contributed by atoms with Gasteiger partial charge in [-0.15, -0.1) is 12.4 Å². The van der Waals surface area contributed by atoms with E-state index in [9.17, 15) is 4.79 Å². The first-order chi connectivity index (χ1) is 10.2. The average molecular weight is 329 g/mol. The van der Waals surface area contributed by atoms with Crippen molar-refractivity contribution in [3.8, 4) is 0 Å². The van der Waals surface area contributed by atoms with Crippen LogP contribution in [0.25, 0.3) is 0 Å². The van der Waals surface area contributed by atoms with Gasteiger partial charge in [0.1, 0.15) is 0 Å². The van der Waals surface area contributed by atoms with Gasteiger partial charge < -0.3 is 19.7 Å². The Bertz CT molecular complexity index is 444. The normalized spacial score (nSPS) is 21.1. The van der Waals surface area contributed by atoms with Crippen LogP contribution >= 0.6 is 12.4 Å². The molecule has 1 aromatic rings. The van der Waals surface area contributed by atoms with Crippen molar-refractivity contribution in [2.45, 2.75) is 32.0 Å². The second kappa shape index (κ2) is 9.66. The van der Waals surface area contributed by atoms with Gasteiger partial charge in [0, 0.05) is 26.2 Å². The molecule has 2 rings (SSSR count). The molecule has 0 aliphatic carbocycles. The average Bonchev–Trinajstić information content (AvgIpc) is 2.54. The maximum Gasteiger partial charge on any atom is 0.409 e. The molecule has 6 heteroatoms. The van der Waals surface area contributed by atoms with E-state index in [1.165, 1.54) is 5.56 Å². The van der Waals surface area contributed by atoms with E-state index in [4.69, 9.17) is 9.47 Å². The van der Waals surface area contributed by atoms with Crippen molar-refractivity contribution >= 4 is 18.5 Å². The van der Waals surface area contributed by atoms with Gasteiger partial charge in [-0.2, -0.15) is 0 Å². The lowest BCUT2D eigenvalue weighted by Gasteiger charge is -2.37. The van der Waals surface area contributed by atoms with Gasteiger partial charge in [0.2, 0.25) is 0 Å². The number of nitrogens with zero attached hydrogens (tertiary/aromatic N) is 1. The summed E-state index contributed by atoms with van der Waals surface area (Å²) in [5, 5.41) is 3.53. The van der Waals surface area contributed by atoms with E-state index in [1.54, 1.807) is 12.0 Å². The van der Waals surface area contributed by atoms with Crippen LogP contribution in [0.4, 0.5) is 4.79 Å². The summed E-state index contributed by atoms with van der Waals surface area (Å²) < 4.78 is 10.6. The number of methoxy groups -OCH3 is 1. The predicted octanol–water partition coefficient (Wildman–Crippen LogP) is 2.44. The molecule has 2 atom stereocenters. The molecule has 0 spiro atoms. The van der Waals surface area contributed by atoms with E-state index < -0.39 is 0 Å². The largest absolute Gasteiger partial charge is 0.450 e. The lowest BCUT2D eigenvalue weighted by atomic mass is 10.0. The van der Waals surface area contributed by atoms with Crippen LogP contribution in [0.3, 0.4) is 0 Å². The van der Waals surface area contributed by atoms with Crippen LogP contribution in [-0.2, 0) is 16.0 Å². The highest BCUT2D eigenvalue weighted by Crippen LogP contribution is 2.15. The fourth-order valence-electron chi connectivity index (χ4n) is 2.61. The monoisotopic (exact) mass is 328 g/mol. The number of amides is 1. The zero-order chi connectivity index (χ0) is 15.1. The highest BCUT2D eigenvalue weighted by atomic mass is 35.5. The van der Waals surface area contributed by atoms with Gasteiger partial charge in [0.25, 0.3) is 0 Å². The molecule has 1 heterocycles. The van der Waals surface area contributed by atoms with Gasteiger partial charge in [-0.3, -0.25) is 0 Å². The third kappa shape index (κ3) is 5.16. The van der Waals surface area contributed by atoms with E-state index in [2.05, 4.69) is 17.4 Å². The van der Waals surface area contributed by atoms with Crippen LogP contribution in [0.1, 0.15) is 18.9 Å². The summed E-state index contributed by atoms with van der Waals surface area (Å²) in [6.45, 7) is 4.31. The second-order valence-electron chi connectivity index (χ2n) is 5.18. The minimum absolute atomic E-state index is 0. The molecule has 1 aliphatic heterocycles. The van der Waals surface area contributed by atoms with Gasteiger partial charge in [-0.25, -0.2) is 4.79 Å². The number of piperidine rings is 1. The summed E-state index contributed by atoms with van der Waals surface area (Å²) >= 11 is 0. The number of hydrogen-bond donors (Lipinski definition) is 1. The number of nitrogens with one attached hydrogen (secondary N) is 1. The zero-order valence-electron chi connectivity index (χ0n) is 13.2. The van der Waals surface area contributed by atoms with Crippen molar-refractivity contribution < 1.29 is 14.3 Å². The summed E-state index contributed by atoms with van der Waals surface area (Å²) in [5.41, 5.74) is 1.25. The molecule has 5 nitrogen and oxygen atoms in total. The Morgan fingerprint density at radius 2 is 2.09 bits per heavy atom. The molecule has 124 valence electrons. The second-order valence-corrected chi connectivity index (χ2v) is 5.18. The lowest BCUT2D eigenvalue weighted by Crippen LogP contribution is -2.54. The molecular weight excluding hydrogens is 304 g/mol. The topological polar surface area (TPSA) is 50.8 Å². The van der Waals surface area contributed by atoms with E-state index in [1.807, 2.05) is 25.1 Å². The maximum absolute atomic E-state index is 11.8. The maximum atomic E-state index is 11.8. The van der Waals surface area contributed by atoms with Crippen LogP contribution in [0.2, 0.25) is 0 Å². The quantitative estimate of drug-likeness (QED) is 0.902. The first kappa shape index (κ1) is 18.7. The molecular formula is C16H25ClN2O3. The third-order valence-electron chi connectivity index (χ3n) is 3.80. The Hall–Kier alpha value is -1.30. The van der Waals surface area contributed by atoms with E-state index in [0.29, 0.717) is 19.7 Å². The SMILES string of the molecule is CCOC(=O)N1CCC(NCc2ccccc2)C(OC)C1.Cl. The van der Waals surface area contributed by atoms with Gasteiger partial charge in [-0.1, -0.05) is 30.3 Å². The van der Waals surface area contributed by atoms with Crippen molar-refractivity contribution in [1.82, 2.24) is 10.2 Å². The zero-order valence-corrected chi connectivity index (χ0v) is 14.0. The number of hydrogen-bond acceptors (Lipinski definition) is 4. The molecule has 1 aromatic carbocycles. The number of benzene rings is 1. The Morgan fingerprint density at radius 3 is 2.73 bits per heavy atom. The Labute approximate surface area is 138 Å². The van der Waals surface area contributed by atoms with Crippen molar-refractivity contribution in [3.63, 3.8) is 0 Å². The number of carbonyl (C=O) groups is 1. The van der Waals surface area contributed by atoms with E-state index in [0.717, 1.165) is 13.0 Å². The molecule has 0 aromatic heterocycles. The lowest BCUT2D eigenvalue weighted by molar-refractivity contribution is 0.00342. The first-order valence-electron chi connectivity index (χ1n) is 7.46. The minimum Gasteiger partial charge on any atom is -0.450 e. The van der Waals surface area contributed by atoms with E-state index in [-0.39, 0.29) is 30.6 Å². The van der Waals surface area contributed by atoms with Crippen molar-refractivity contribution in [2.24, 2.45) is 0 Å². The highest BCUT2D eigenvalue weighted by molar-refractivity contribution is 5.85. The van der Waals surface area contributed by atoms with Gasteiger partial charge in [0.05, 0.1) is 19.3 Å². The summed E-state index contributed by atoms with van der Waals surface area (Å²) in [5.74, 6) is 0. The molecule has 1 saturated heterocycles. The van der Waals surface area contributed by atoms with Crippen LogP contribution in [0, 0.1) is 0 Å². The number of ether oxygens (including phenoxy) is 2. The summed E-state index contributed by atoms with van der Waals surface area (Å²) in [7, 11) is 1.69. The molecule has 1 fully saturated rings. The van der Waals surface area contributed by atoms with Crippen molar-refractivity contribution in [2.75, 3.05) is 26.8 Å². The van der Waals surface area contributed by atoms with Crippen LogP contribution in [0.5, 0.6) is 0 Å². The van der Waals surface area contributed by atoms with Gasteiger partial charge in [-0.05, 0) is 18.9 Å². The van der Waals surface area contributed by atoms with Crippen molar-refractivity contribution in [1.29, 1.82) is 0 Å². The van der Waals surface area contributed by atoms with E-state index >= 15 is 0 Å². The standard InChI is InChI=1S/C16H24N2O3.ClH/c1-3-21-16(19)18-10-9-14(15(12-18)20-2)17-11-13-7-5-4-6-8-13;/h4-8,14-15,17H,3,9-12H2,1-2H3;1H.